The van der Waals surface area contributed by atoms with Crippen molar-refractivity contribution in [3.05, 3.63) is 42.0 Å². The van der Waals surface area contributed by atoms with E-state index < -0.39 is 0 Å². The number of benzene rings is 1. The Kier molecular flexibility index (Phi) is 5.03. The number of hydrogen-bond donors (Lipinski definition) is 0. The van der Waals surface area contributed by atoms with E-state index in [1.165, 1.54) is 5.56 Å². The molecule has 1 atom stereocenters. The second-order valence-electron chi connectivity index (χ2n) is 8.17. The van der Waals surface area contributed by atoms with Gasteiger partial charge in [0.1, 0.15) is 0 Å². The lowest BCUT2D eigenvalue weighted by Crippen LogP contribution is -2.50. The van der Waals surface area contributed by atoms with E-state index in [0.717, 1.165) is 12.5 Å². The predicted molar refractivity (Wildman–Crippen MR) is 100 cm³/mol. The van der Waals surface area contributed by atoms with Crippen LogP contribution in [0, 0.1) is 11.5 Å². The van der Waals surface area contributed by atoms with Gasteiger partial charge in [-0.3, -0.25) is 0 Å². The molecule has 1 unspecified atom stereocenters. The van der Waals surface area contributed by atoms with Crippen LogP contribution in [0.2, 0.25) is 0 Å². The monoisotopic (exact) mass is 324 g/mol. The maximum absolute atomic E-state index is 9.18. The van der Waals surface area contributed by atoms with E-state index in [0.29, 0.717) is 0 Å². The van der Waals surface area contributed by atoms with Crippen molar-refractivity contribution in [1.29, 1.82) is 5.26 Å². The van der Waals surface area contributed by atoms with Gasteiger partial charge in [0.25, 0.3) is 0 Å². The summed E-state index contributed by atoms with van der Waals surface area (Å²) in [5.74, 6) is 0.764. The van der Waals surface area contributed by atoms with Gasteiger partial charge in [-0.25, -0.2) is 0 Å². The van der Waals surface area contributed by atoms with E-state index in [9.17, 15) is 5.26 Å². The molecule has 0 radical (unpaired) electrons. The topological polar surface area (TPSA) is 42.6 Å². The molecule has 24 heavy (non-hydrogen) atoms. The van der Waals surface area contributed by atoms with Gasteiger partial charge in [-0.2, -0.15) is 5.26 Å². The highest BCUT2D eigenvalue weighted by atomic mass is 15.5. The number of rotatable bonds is 2. The smallest absolute Gasteiger partial charge is 0.214 e. The van der Waals surface area contributed by atoms with E-state index in [2.05, 4.69) is 80.6 Å². The van der Waals surface area contributed by atoms with Crippen LogP contribution in [0.4, 0.5) is 0 Å². The van der Waals surface area contributed by atoms with E-state index in [-0.39, 0.29) is 17.1 Å². The maximum Gasteiger partial charge on any atom is 0.214 e. The van der Waals surface area contributed by atoms with Gasteiger partial charge in [-0.1, -0.05) is 42.5 Å². The van der Waals surface area contributed by atoms with Gasteiger partial charge < -0.3 is 9.80 Å². The predicted octanol–water partition coefficient (Wildman–Crippen LogP) is 4.12. The third kappa shape index (κ3) is 3.97. The second kappa shape index (κ2) is 6.68. The number of aliphatic imine (C=N–C) groups is 1. The summed E-state index contributed by atoms with van der Waals surface area (Å²) in [6, 6.07) is 10.5. The molecule has 0 amide bonds. The highest BCUT2D eigenvalue weighted by Gasteiger charge is 2.44. The minimum absolute atomic E-state index is 0.0888. The molecule has 1 saturated heterocycles. The molecule has 1 fully saturated rings. The Morgan fingerprint density at radius 1 is 1.08 bits per heavy atom. The molecule has 1 aromatic carbocycles. The summed E-state index contributed by atoms with van der Waals surface area (Å²) in [5, 5.41) is 9.18. The first-order valence-electron chi connectivity index (χ1n) is 8.41. The van der Waals surface area contributed by atoms with Crippen molar-refractivity contribution in [2.24, 2.45) is 4.99 Å². The Morgan fingerprint density at radius 3 is 2.21 bits per heavy atom. The van der Waals surface area contributed by atoms with Gasteiger partial charge in [0.2, 0.25) is 12.2 Å². The summed E-state index contributed by atoms with van der Waals surface area (Å²) in [6.45, 7) is 13.8. The van der Waals surface area contributed by atoms with E-state index in [1.807, 2.05) is 24.4 Å². The van der Waals surface area contributed by atoms with Crippen LogP contribution in [0.5, 0.6) is 0 Å². The van der Waals surface area contributed by atoms with E-state index >= 15 is 0 Å². The van der Waals surface area contributed by atoms with Gasteiger partial charge in [-0.05, 0) is 47.1 Å². The molecular formula is C20H28N4. The molecule has 2 rings (SSSR count). The van der Waals surface area contributed by atoms with Crippen LogP contribution in [-0.4, -0.2) is 39.4 Å². The minimum Gasteiger partial charge on any atom is -0.335 e. The molecule has 0 N–H and O–H groups in total. The number of guanidine groups is 1. The van der Waals surface area contributed by atoms with Crippen molar-refractivity contribution < 1.29 is 0 Å². The Balaban J connectivity index is 2.41. The second-order valence-corrected chi connectivity index (χ2v) is 8.17. The standard InChI is InChI=1S/C20H28N4/c1-19(2,3)23-14-17(13-12-16-10-8-7-9-11-16)24(20(4,5)6)18(23)22-15-21/h7-13,17H,14H2,1-6H3/b13-12+,22-18?. The number of hydrogen-bond acceptors (Lipinski definition) is 2. The van der Waals surface area contributed by atoms with Gasteiger partial charge in [0, 0.05) is 17.6 Å². The highest BCUT2D eigenvalue weighted by molar-refractivity contribution is 5.85. The van der Waals surface area contributed by atoms with E-state index in [4.69, 9.17) is 0 Å². The summed E-state index contributed by atoms with van der Waals surface area (Å²) in [4.78, 5) is 8.64. The van der Waals surface area contributed by atoms with Gasteiger partial charge in [-0.15, -0.1) is 4.99 Å². The van der Waals surface area contributed by atoms with Gasteiger partial charge in [0.05, 0.1) is 6.04 Å². The SMILES string of the molecule is CC(C)(C)N1CC(/C=C/c2ccccc2)N(C(C)(C)C)C1=NC#N. The zero-order chi connectivity index (χ0) is 18.0. The van der Waals surface area contributed by atoms with Crippen LogP contribution in [0.25, 0.3) is 6.08 Å². The molecule has 4 heteroatoms. The molecule has 0 spiro atoms. The molecule has 4 nitrogen and oxygen atoms in total. The van der Waals surface area contributed by atoms with Gasteiger partial charge in [0.15, 0.2) is 0 Å². The number of nitrogens with zero attached hydrogens (tertiary/aromatic N) is 4. The van der Waals surface area contributed by atoms with Crippen LogP contribution in [0.1, 0.15) is 47.1 Å². The average Bonchev–Trinajstić information content (AvgIpc) is 2.85. The lowest BCUT2D eigenvalue weighted by atomic mass is 10.0. The minimum atomic E-state index is -0.124. The molecule has 1 aliphatic heterocycles. The van der Waals surface area contributed by atoms with Crippen LogP contribution in [0.3, 0.4) is 0 Å². The Labute approximate surface area is 146 Å². The first-order valence-corrected chi connectivity index (χ1v) is 8.41. The Hall–Kier alpha value is -2.28. The molecule has 1 aromatic rings. The van der Waals surface area contributed by atoms with Crippen LogP contribution >= 0.6 is 0 Å². The molecule has 1 heterocycles. The Morgan fingerprint density at radius 2 is 1.71 bits per heavy atom. The fourth-order valence-electron chi connectivity index (χ4n) is 3.09. The molecule has 0 saturated carbocycles. The molecule has 128 valence electrons. The Bertz CT molecular complexity index is 654. The quantitative estimate of drug-likeness (QED) is 0.769. The van der Waals surface area contributed by atoms with Crippen LogP contribution in [-0.2, 0) is 0 Å². The molecule has 1 aliphatic rings. The van der Waals surface area contributed by atoms with Crippen LogP contribution < -0.4 is 0 Å². The van der Waals surface area contributed by atoms with Crippen molar-refractivity contribution in [3.63, 3.8) is 0 Å². The summed E-state index contributed by atoms with van der Waals surface area (Å²) < 4.78 is 0. The summed E-state index contributed by atoms with van der Waals surface area (Å²) in [6.07, 6.45) is 6.36. The largest absolute Gasteiger partial charge is 0.335 e. The molecular weight excluding hydrogens is 296 g/mol. The first-order chi connectivity index (χ1) is 11.1. The third-order valence-corrected chi connectivity index (χ3v) is 4.15. The maximum atomic E-state index is 9.18. The summed E-state index contributed by atoms with van der Waals surface area (Å²) in [7, 11) is 0. The molecule has 0 bridgehead atoms. The fraction of sp³-hybridized carbons (Fsp3) is 0.500. The average molecular weight is 324 g/mol. The fourth-order valence-corrected chi connectivity index (χ4v) is 3.09. The summed E-state index contributed by atoms with van der Waals surface area (Å²) >= 11 is 0. The normalized spacial score (nSPS) is 20.9. The summed E-state index contributed by atoms with van der Waals surface area (Å²) in [5.41, 5.74) is 0.968. The van der Waals surface area contributed by atoms with Crippen molar-refractivity contribution in [2.45, 2.75) is 58.7 Å². The van der Waals surface area contributed by atoms with Gasteiger partial charge >= 0.3 is 0 Å². The van der Waals surface area contributed by atoms with E-state index in [1.54, 1.807) is 0 Å². The first kappa shape index (κ1) is 18.1. The lowest BCUT2D eigenvalue weighted by Gasteiger charge is -2.39. The molecule has 0 aliphatic carbocycles. The zero-order valence-corrected chi connectivity index (χ0v) is 15.6. The molecule has 0 aromatic heterocycles. The zero-order valence-electron chi connectivity index (χ0n) is 15.6. The van der Waals surface area contributed by atoms with Crippen molar-refractivity contribution in [2.75, 3.05) is 6.54 Å². The number of nitriles is 1. The van der Waals surface area contributed by atoms with Crippen molar-refractivity contribution >= 4 is 12.0 Å². The van der Waals surface area contributed by atoms with Crippen LogP contribution in [0.15, 0.2) is 41.4 Å². The van der Waals surface area contributed by atoms with Crippen molar-refractivity contribution in [1.82, 2.24) is 9.80 Å². The van der Waals surface area contributed by atoms with Crippen molar-refractivity contribution in [3.8, 4) is 6.19 Å². The highest BCUT2D eigenvalue weighted by Crippen LogP contribution is 2.31. The third-order valence-electron chi connectivity index (χ3n) is 4.15. The lowest BCUT2D eigenvalue weighted by molar-refractivity contribution is 0.224.